The summed E-state index contributed by atoms with van der Waals surface area (Å²) < 4.78 is 13.7. The Labute approximate surface area is 106 Å². The fourth-order valence-electron chi connectivity index (χ4n) is 2.54. The zero-order valence-electron chi connectivity index (χ0n) is 10.6. The van der Waals surface area contributed by atoms with Crippen LogP contribution in [0.25, 0.3) is 0 Å². The maximum atomic E-state index is 13.7. The molecule has 2 rings (SSSR count). The first-order chi connectivity index (χ1) is 8.49. The van der Waals surface area contributed by atoms with Gasteiger partial charge in [-0.15, -0.1) is 0 Å². The Kier molecular flexibility index (Phi) is 3.52. The van der Waals surface area contributed by atoms with Gasteiger partial charge in [-0.2, -0.15) is 0 Å². The van der Waals surface area contributed by atoms with Crippen LogP contribution < -0.4 is 16.0 Å². The van der Waals surface area contributed by atoms with E-state index in [1.54, 1.807) is 12.1 Å². The molecule has 18 heavy (non-hydrogen) atoms. The summed E-state index contributed by atoms with van der Waals surface area (Å²) in [5, 5.41) is 3.39. The average Bonchev–Trinajstić information content (AvgIpc) is 2.26. The molecule has 1 aliphatic rings. The highest BCUT2D eigenvalue weighted by molar-refractivity contribution is 5.99. The molecule has 2 atom stereocenters. The van der Waals surface area contributed by atoms with Crippen molar-refractivity contribution in [3.63, 3.8) is 0 Å². The van der Waals surface area contributed by atoms with Crippen molar-refractivity contribution in [1.29, 1.82) is 0 Å². The van der Waals surface area contributed by atoms with E-state index in [0.717, 1.165) is 13.1 Å². The summed E-state index contributed by atoms with van der Waals surface area (Å²) >= 11 is 0. The van der Waals surface area contributed by atoms with Crippen LogP contribution in [0.1, 0.15) is 24.2 Å². The van der Waals surface area contributed by atoms with Gasteiger partial charge in [0.1, 0.15) is 5.82 Å². The molecule has 1 heterocycles. The summed E-state index contributed by atoms with van der Waals surface area (Å²) in [5.41, 5.74) is 5.84. The molecular formula is C13H18FN3O. The molecule has 1 fully saturated rings. The van der Waals surface area contributed by atoms with Crippen molar-refractivity contribution in [2.24, 2.45) is 5.73 Å². The predicted octanol–water partition coefficient (Wildman–Crippen LogP) is 1.11. The van der Waals surface area contributed by atoms with Crippen molar-refractivity contribution in [3.8, 4) is 0 Å². The van der Waals surface area contributed by atoms with Crippen LogP contribution in [-0.4, -0.2) is 31.1 Å². The molecule has 4 nitrogen and oxygen atoms in total. The fourth-order valence-corrected chi connectivity index (χ4v) is 2.54. The molecule has 3 N–H and O–H groups in total. The van der Waals surface area contributed by atoms with Crippen molar-refractivity contribution in [3.05, 3.63) is 29.6 Å². The lowest BCUT2D eigenvalue weighted by Crippen LogP contribution is -2.54. The van der Waals surface area contributed by atoms with Gasteiger partial charge < -0.3 is 16.0 Å². The number of benzene rings is 1. The lowest BCUT2D eigenvalue weighted by molar-refractivity contribution is 0.0997. The average molecular weight is 251 g/mol. The number of amides is 1. The highest BCUT2D eigenvalue weighted by atomic mass is 19.1. The zero-order valence-corrected chi connectivity index (χ0v) is 10.6. The van der Waals surface area contributed by atoms with Crippen LogP contribution in [0.4, 0.5) is 10.1 Å². The minimum atomic E-state index is -0.720. The summed E-state index contributed by atoms with van der Waals surface area (Å²) in [7, 11) is 0. The van der Waals surface area contributed by atoms with Gasteiger partial charge in [-0.25, -0.2) is 4.39 Å². The zero-order chi connectivity index (χ0) is 13.3. The molecule has 1 amide bonds. The number of hydrogen-bond donors (Lipinski definition) is 2. The number of nitrogens with two attached hydrogens (primary N) is 1. The highest BCUT2D eigenvalue weighted by Crippen LogP contribution is 2.24. The first-order valence-electron chi connectivity index (χ1n) is 6.08. The monoisotopic (exact) mass is 251 g/mol. The highest BCUT2D eigenvalue weighted by Gasteiger charge is 2.25. The van der Waals surface area contributed by atoms with Gasteiger partial charge in [-0.05, 0) is 26.0 Å². The number of carbonyl (C=O) groups excluding carboxylic acids is 1. The summed E-state index contributed by atoms with van der Waals surface area (Å²) in [4.78, 5) is 13.4. The Balaban J connectivity index is 2.38. The second kappa shape index (κ2) is 4.94. The van der Waals surface area contributed by atoms with Crippen molar-refractivity contribution in [2.75, 3.05) is 18.0 Å². The Morgan fingerprint density at radius 3 is 2.56 bits per heavy atom. The molecule has 1 saturated heterocycles. The van der Waals surface area contributed by atoms with Gasteiger partial charge in [0.25, 0.3) is 5.91 Å². The van der Waals surface area contributed by atoms with E-state index in [1.165, 1.54) is 6.07 Å². The smallest absolute Gasteiger partial charge is 0.253 e. The molecule has 98 valence electrons. The van der Waals surface area contributed by atoms with E-state index in [2.05, 4.69) is 19.2 Å². The quantitative estimate of drug-likeness (QED) is 0.828. The van der Waals surface area contributed by atoms with Crippen LogP contribution in [0.5, 0.6) is 0 Å². The van der Waals surface area contributed by atoms with Crippen LogP contribution in [0, 0.1) is 5.82 Å². The molecule has 0 bridgehead atoms. The van der Waals surface area contributed by atoms with Gasteiger partial charge in [0.05, 0.1) is 11.3 Å². The second-order valence-corrected chi connectivity index (χ2v) is 4.87. The van der Waals surface area contributed by atoms with Gasteiger partial charge in [0.2, 0.25) is 0 Å². The topological polar surface area (TPSA) is 58.4 Å². The van der Waals surface area contributed by atoms with Gasteiger partial charge in [-0.3, -0.25) is 4.79 Å². The summed E-state index contributed by atoms with van der Waals surface area (Å²) in [6.45, 7) is 5.58. The van der Waals surface area contributed by atoms with Gasteiger partial charge in [0, 0.05) is 25.2 Å². The molecule has 0 aliphatic carbocycles. The number of rotatable bonds is 2. The van der Waals surface area contributed by atoms with E-state index >= 15 is 0 Å². The molecule has 0 spiro atoms. The van der Waals surface area contributed by atoms with E-state index in [1.807, 2.05) is 4.90 Å². The molecular weight excluding hydrogens is 233 g/mol. The Morgan fingerprint density at radius 1 is 1.39 bits per heavy atom. The SMILES string of the molecule is CC1CN(c2cccc(F)c2C(N)=O)CC(C)N1. The van der Waals surface area contributed by atoms with Crippen LogP contribution in [-0.2, 0) is 0 Å². The third-order valence-electron chi connectivity index (χ3n) is 3.14. The lowest BCUT2D eigenvalue weighted by Gasteiger charge is -2.38. The van der Waals surface area contributed by atoms with Gasteiger partial charge in [0.15, 0.2) is 0 Å². The van der Waals surface area contributed by atoms with Crippen molar-refractivity contribution in [1.82, 2.24) is 5.32 Å². The van der Waals surface area contributed by atoms with E-state index in [0.29, 0.717) is 5.69 Å². The normalized spacial score (nSPS) is 24.1. The molecule has 0 aromatic heterocycles. The molecule has 1 aromatic rings. The maximum absolute atomic E-state index is 13.7. The van der Waals surface area contributed by atoms with E-state index in [9.17, 15) is 9.18 Å². The third-order valence-corrected chi connectivity index (χ3v) is 3.14. The fraction of sp³-hybridized carbons (Fsp3) is 0.462. The third kappa shape index (κ3) is 2.46. The largest absolute Gasteiger partial charge is 0.368 e. The lowest BCUT2D eigenvalue weighted by atomic mass is 10.1. The predicted molar refractivity (Wildman–Crippen MR) is 69.2 cm³/mol. The Hall–Kier alpha value is -1.62. The molecule has 5 heteroatoms. The molecule has 0 radical (unpaired) electrons. The van der Waals surface area contributed by atoms with E-state index < -0.39 is 11.7 Å². The van der Waals surface area contributed by atoms with Gasteiger partial charge >= 0.3 is 0 Å². The van der Waals surface area contributed by atoms with E-state index in [-0.39, 0.29) is 17.6 Å². The molecule has 1 aliphatic heterocycles. The van der Waals surface area contributed by atoms with Crippen molar-refractivity contribution >= 4 is 11.6 Å². The van der Waals surface area contributed by atoms with Crippen molar-refractivity contribution in [2.45, 2.75) is 25.9 Å². The minimum absolute atomic E-state index is 0.0150. The number of halogens is 1. The first-order valence-corrected chi connectivity index (χ1v) is 6.08. The summed E-state index contributed by atoms with van der Waals surface area (Å²) in [6.07, 6.45) is 0. The number of carbonyl (C=O) groups is 1. The molecule has 1 aromatic carbocycles. The van der Waals surface area contributed by atoms with Crippen LogP contribution >= 0.6 is 0 Å². The molecule has 2 unspecified atom stereocenters. The number of nitrogens with zero attached hydrogens (tertiary/aromatic N) is 1. The van der Waals surface area contributed by atoms with Crippen molar-refractivity contribution < 1.29 is 9.18 Å². The second-order valence-electron chi connectivity index (χ2n) is 4.87. The Morgan fingerprint density at radius 2 is 2.00 bits per heavy atom. The summed E-state index contributed by atoms with van der Waals surface area (Å²) in [5.74, 6) is -1.28. The Bertz CT molecular complexity index is 454. The first kappa shape index (κ1) is 12.8. The number of primary amides is 1. The minimum Gasteiger partial charge on any atom is -0.368 e. The number of nitrogens with one attached hydrogen (secondary N) is 1. The van der Waals surface area contributed by atoms with E-state index in [4.69, 9.17) is 5.73 Å². The maximum Gasteiger partial charge on any atom is 0.253 e. The number of anilines is 1. The van der Waals surface area contributed by atoms with Gasteiger partial charge in [-0.1, -0.05) is 6.07 Å². The standard InChI is InChI=1S/C13H18FN3O/c1-8-6-17(7-9(2)16-8)11-5-3-4-10(14)12(11)13(15)18/h3-5,8-9,16H,6-7H2,1-2H3,(H2,15,18). The van der Waals surface area contributed by atoms with Crippen LogP contribution in [0.15, 0.2) is 18.2 Å². The molecule has 0 saturated carbocycles. The van der Waals surface area contributed by atoms with Crippen LogP contribution in [0.3, 0.4) is 0 Å². The number of piperazine rings is 1. The summed E-state index contributed by atoms with van der Waals surface area (Å²) in [6, 6.07) is 5.19. The number of hydrogen-bond acceptors (Lipinski definition) is 3. The van der Waals surface area contributed by atoms with Crippen LogP contribution in [0.2, 0.25) is 0 Å².